The molecule has 0 amide bonds. The highest BCUT2D eigenvalue weighted by Crippen LogP contribution is 2.25. The largest absolute Gasteiger partial charge is 0.465 e. The highest BCUT2D eigenvalue weighted by molar-refractivity contribution is 6.31. The minimum Gasteiger partial charge on any atom is -0.465 e. The van der Waals surface area contributed by atoms with Gasteiger partial charge in [-0.3, -0.25) is 0 Å². The second-order valence-electron chi connectivity index (χ2n) is 4.58. The monoisotopic (exact) mass is 307 g/mol. The zero-order chi connectivity index (χ0) is 15.4. The van der Waals surface area contributed by atoms with Gasteiger partial charge in [0.05, 0.1) is 23.4 Å². The normalized spacial score (nSPS) is 10.3. The molecule has 0 aromatic heterocycles. The van der Waals surface area contributed by atoms with Gasteiger partial charge >= 0.3 is 5.97 Å². The molecule has 0 spiro atoms. The molecule has 0 saturated heterocycles. The average Bonchev–Trinajstić information content (AvgIpc) is 2.51. The molecule has 3 nitrogen and oxygen atoms in total. The smallest absolute Gasteiger partial charge is 0.339 e. The number of esters is 1. The van der Waals surface area contributed by atoms with Crippen molar-refractivity contribution in [1.82, 2.24) is 0 Å². The van der Waals surface area contributed by atoms with E-state index in [1.807, 2.05) is 18.0 Å². The van der Waals surface area contributed by atoms with Crippen molar-refractivity contribution < 1.29 is 13.9 Å². The van der Waals surface area contributed by atoms with E-state index in [1.165, 1.54) is 13.2 Å². The summed E-state index contributed by atoms with van der Waals surface area (Å²) >= 11 is 5.96. The van der Waals surface area contributed by atoms with E-state index in [2.05, 4.69) is 0 Å². The van der Waals surface area contributed by atoms with Crippen LogP contribution in [0.1, 0.15) is 15.9 Å². The van der Waals surface area contributed by atoms with Gasteiger partial charge in [0.15, 0.2) is 0 Å². The first-order valence-electron chi connectivity index (χ1n) is 6.36. The standard InChI is InChI=1S/C16H15ClFNO2/c1-19(10-11-6-5-8-13(18)15(11)17)14-9-4-3-7-12(14)16(20)21-2/h3-9H,10H2,1-2H3. The Morgan fingerprint density at radius 3 is 2.67 bits per heavy atom. The number of anilines is 1. The lowest BCUT2D eigenvalue weighted by Crippen LogP contribution is -2.20. The Bertz CT molecular complexity index is 660. The molecule has 0 radical (unpaired) electrons. The van der Waals surface area contributed by atoms with Gasteiger partial charge in [-0.15, -0.1) is 0 Å². The third kappa shape index (κ3) is 3.34. The summed E-state index contributed by atoms with van der Waals surface area (Å²) in [4.78, 5) is 13.6. The van der Waals surface area contributed by atoms with Crippen LogP contribution in [0.5, 0.6) is 0 Å². The van der Waals surface area contributed by atoms with Crippen LogP contribution in [-0.2, 0) is 11.3 Å². The molecule has 0 aliphatic carbocycles. The third-order valence-corrected chi connectivity index (χ3v) is 3.58. The highest BCUT2D eigenvalue weighted by atomic mass is 35.5. The zero-order valence-electron chi connectivity index (χ0n) is 11.8. The number of methoxy groups -OCH3 is 1. The van der Waals surface area contributed by atoms with Crippen molar-refractivity contribution in [2.24, 2.45) is 0 Å². The molecular weight excluding hydrogens is 293 g/mol. The van der Waals surface area contributed by atoms with Crippen LogP contribution in [-0.4, -0.2) is 20.1 Å². The van der Waals surface area contributed by atoms with Gasteiger partial charge in [-0.05, 0) is 23.8 Å². The molecule has 0 fully saturated rings. The van der Waals surface area contributed by atoms with Crippen LogP contribution >= 0.6 is 11.6 Å². The van der Waals surface area contributed by atoms with E-state index >= 15 is 0 Å². The Morgan fingerprint density at radius 2 is 1.95 bits per heavy atom. The zero-order valence-corrected chi connectivity index (χ0v) is 12.5. The Balaban J connectivity index is 2.31. The number of hydrogen-bond acceptors (Lipinski definition) is 3. The minimum atomic E-state index is -0.455. The number of rotatable bonds is 4. The Labute approximate surface area is 127 Å². The fraction of sp³-hybridized carbons (Fsp3) is 0.188. The predicted molar refractivity (Wildman–Crippen MR) is 81.3 cm³/mol. The van der Waals surface area contributed by atoms with Crippen LogP contribution in [0.15, 0.2) is 42.5 Å². The lowest BCUT2D eigenvalue weighted by atomic mass is 10.1. The number of carbonyl (C=O) groups is 1. The molecular formula is C16H15ClFNO2. The van der Waals surface area contributed by atoms with Crippen LogP contribution in [0.3, 0.4) is 0 Å². The number of carbonyl (C=O) groups excluding carboxylic acids is 1. The molecule has 0 unspecified atom stereocenters. The van der Waals surface area contributed by atoms with Gasteiger partial charge in [-0.2, -0.15) is 0 Å². The summed E-state index contributed by atoms with van der Waals surface area (Å²) < 4.78 is 18.2. The van der Waals surface area contributed by atoms with E-state index in [9.17, 15) is 9.18 Å². The van der Waals surface area contributed by atoms with Gasteiger partial charge in [0.25, 0.3) is 0 Å². The maximum Gasteiger partial charge on any atom is 0.339 e. The molecule has 0 atom stereocenters. The van der Waals surface area contributed by atoms with Crippen molar-refractivity contribution in [1.29, 1.82) is 0 Å². The first kappa shape index (κ1) is 15.3. The van der Waals surface area contributed by atoms with E-state index in [-0.39, 0.29) is 5.02 Å². The molecule has 0 bridgehead atoms. The summed E-state index contributed by atoms with van der Waals surface area (Å²) in [5, 5.41) is 0.0971. The molecule has 0 N–H and O–H groups in total. The summed E-state index contributed by atoms with van der Waals surface area (Å²) in [6.07, 6.45) is 0. The Morgan fingerprint density at radius 1 is 1.24 bits per heavy atom. The highest BCUT2D eigenvalue weighted by Gasteiger charge is 2.15. The van der Waals surface area contributed by atoms with Gasteiger partial charge in [0.2, 0.25) is 0 Å². The lowest BCUT2D eigenvalue weighted by Gasteiger charge is -2.22. The van der Waals surface area contributed by atoms with Gasteiger partial charge < -0.3 is 9.64 Å². The van der Waals surface area contributed by atoms with E-state index in [0.717, 1.165) is 0 Å². The second kappa shape index (κ2) is 6.59. The first-order valence-corrected chi connectivity index (χ1v) is 6.73. The molecule has 2 aromatic rings. The molecule has 0 aliphatic heterocycles. The summed E-state index contributed by atoms with van der Waals surface area (Å²) in [5.41, 5.74) is 1.80. The minimum absolute atomic E-state index is 0.0971. The van der Waals surface area contributed by atoms with E-state index in [4.69, 9.17) is 16.3 Å². The predicted octanol–water partition coefficient (Wildman–Crippen LogP) is 3.90. The summed E-state index contributed by atoms with van der Waals surface area (Å²) in [7, 11) is 3.14. The van der Waals surface area contributed by atoms with Crippen molar-refractivity contribution in [3.63, 3.8) is 0 Å². The molecule has 2 aromatic carbocycles. The number of para-hydroxylation sites is 1. The van der Waals surface area contributed by atoms with E-state index in [1.54, 1.807) is 30.3 Å². The molecule has 5 heteroatoms. The van der Waals surface area contributed by atoms with E-state index < -0.39 is 11.8 Å². The quantitative estimate of drug-likeness (QED) is 0.802. The van der Waals surface area contributed by atoms with Crippen LogP contribution in [0.25, 0.3) is 0 Å². The van der Waals surface area contributed by atoms with Crippen molar-refractivity contribution in [2.45, 2.75) is 6.54 Å². The molecule has 21 heavy (non-hydrogen) atoms. The summed E-state index contributed by atoms with van der Waals surface area (Å²) in [5.74, 6) is -0.869. The molecule has 0 aliphatic rings. The van der Waals surface area contributed by atoms with Crippen LogP contribution in [0, 0.1) is 5.82 Å². The van der Waals surface area contributed by atoms with E-state index in [0.29, 0.717) is 23.4 Å². The first-order chi connectivity index (χ1) is 10.0. The Kier molecular flexibility index (Phi) is 4.81. The van der Waals surface area contributed by atoms with Crippen molar-refractivity contribution in [2.75, 3.05) is 19.1 Å². The lowest BCUT2D eigenvalue weighted by molar-refractivity contribution is 0.0601. The maximum absolute atomic E-state index is 13.5. The average molecular weight is 308 g/mol. The maximum atomic E-state index is 13.5. The topological polar surface area (TPSA) is 29.5 Å². The molecule has 0 saturated carbocycles. The fourth-order valence-electron chi connectivity index (χ4n) is 2.10. The van der Waals surface area contributed by atoms with Crippen molar-refractivity contribution >= 4 is 23.3 Å². The molecule has 0 heterocycles. The van der Waals surface area contributed by atoms with Gasteiger partial charge in [0, 0.05) is 13.6 Å². The number of nitrogens with zero attached hydrogens (tertiary/aromatic N) is 1. The number of hydrogen-bond donors (Lipinski definition) is 0. The third-order valence-electron chi connectivity index (χ3n) is 3.16. The second-order valence-corrected chi connectivity index (χ2v) is 4.96. The van der Waals surface area contributed by atoms with Crippen LogP contribution in [0.2, 0.25) is 5.02 Å². The van der Waals surface area contributed by atoms with Crippen molar-refractivity contribution in [3.05, 3.63) is 64.4 Å². The van der Waals surface area contributed by atoms with Crippen molar-refractivity contribution in [3.8, 4) is 0 Å². The summed E-state index contributed by atoms with van der Waals surface area (Å²) in [6, 6.07) is 11.8. The number of ether oxygens (including phenoxy) is 1. The fourth-order valence-corrected chi connectivity index (χ4v) is 2.29. The van der Waals surface area contributed by atoms with Crippen LogP contribution in [0.4, 0.5) is 10.1 Å². The molecule has 2 rings (SSSR count). The number of benzene rings is 2. The Hall–Kier alpha value is -2.07. The van der Waals surface area contributed by atoms with Gasteiger partial charge in [-0.25, -0.2) is 9.18 Å². The summed E-state index contributed by atoms with van der Waals surface area (Å²) in [6.45, 7) is 0.380. The SMILES string of the molecule is COC(=O)c1ccccc1N(C)Cc1cccc(F)c1Cl. The number of halogens is 2. The molecule has 110 valence electrons. The van der Waals surface area contributed by atoms with Gasteiger partial charge in [0.1, 0.15) is 5.82 Å². The van der Waals surface area contributed by atoms with Crippen LogP contribution < -0.4 is 4.90 Å². The van der Waals surface area contributed by atoms with Gasteiger partial charge in [-0.1, -0.05) is 35.9 Å².